The van der Waals surface area contributed by atoms with Crippen molar-refractivity contribution in [3.63, 3.8) is 0 Å². The third kappa shape index (κ3) is 1.66. The topological polar surface area (TPSA) is 53.5 Å². The minimum atomic E-state index is -0.0794. The quantitative estimate of drug-likeness (QED) is 0.605. The van der Waals surface area contributed by atoms with E-state index in [1.54, 1.807) is 6.21 Å². The Morgan fingerprint density at radius 1 is 1.31 bits per heavy atom. The van der Waals surface area contributed by atoms with E-state index in [1.165, 1.54) is 0 Å². The maximum absolute atomic E-state index is 11.2. The summed E-state index contributed by atoms with van der Waals surface area (Å²) in [6.07, 6.45) is 1.69. The summed E-state index contributed by atoms with van der Waals surface area (Å²) in [5.74, 6) is -0.0794. The van der Waals surface area contributed by atoms with Crippen LogP contribution in [0.25, 0.3) is 0 Å². The normalized spacial score (nSPS) is 17.4. The lowest BCUT2D eigenvalue weighted by molar-refractivity contribution is -0.115. The molecule has 4 nitrogen and oxygen atoms in total. The highest BCUT2D eigenvalue weighted by Gasteiger charge is 2.06. The van der Waals surface area contributed by atoms with Gasteiger partial charge in [0, 0.05) is 11.3 Å². The number of carbonyl (C=O) groups excluding carboxylic acids is 1. The number of hydrogen-bond donors (Lipinski definition) is 2. The second-order valence-corrected chi connectivity index (χ2v) is 2.73. The molecule has 2 rings (SSSR count). The van der Waals surface area contributed by atoms with Crippen molar-refractivity contribution in [2.24, 2.45) is 5.10 Å². The Balaban J connectivity index is 2.41. The molecule has 0 spiro atoms. The van der Waals surface area contributed by atoms with Gasteiger partial charge in [0.15, 0.2) is 0 Å². The van der Waals surface area contributed by atoms with Crippen LogP contribution in [-0.2, 0) is 4.79 Å². The van der Waals surface area contributed by atoms with Crippen molar-refractivity contribution < 1.29 is 4.79 Å². The molecule has 0 fully saturated rings. The van der Waals surface area contributed by atoms with E-state index in [1.807, 2.05) is 24.3 Å². The Hall–Kier alpha value is -1.84. The molecule has 0 radical (unpaired) electrons. The van der Waals surface area contributed by atoms with Gasteiger partial charge in [-0.3, -0.25) is 4.79 Å². The SMILES string of the molecule is O=C1CN/N=C\c2ccccc2N1. The average molecular weight is 175 g/mol. The van der Waals surface area contributed by atoms with Gasteiger partial charge in [0.05, 0.1) is 6.21 Å². The van der Waals surface area contributed by atoms with E-state index in [0.717, 1.165) is 11.3 Å². The van der Waals surface area contributed by atoms with Crippen molar-refractivity contribution in [2.45, 2.75) is 0 Å². The summed E-state index contributed by atoms with van der Waals surface area (Å²) in [6.45, 7) is 0.213. The van der Waals surface area contributed by atoms with Crippen molar-refractivity contribution in [1.82, 2.24) is 5.43 Å². The lowest BCUT2D eigenvalue weighted by atomic mass is 10.2. The van der Waals surface area contributed by atoms with Crippen LogP contribution in [0.15, 0.2) is 29.4 Å². The van der Waals surface area contributed by atoms with Gasteiger partial charge in [0.25, 0.3) is 0 Å². The third-order valence-electron chi connectivity index (χ3n) is 1.77. The first-order valence-corrected chi connectivity index (χ1v) is 4.01. The highest BCUT2D eigenvalue weighted by molar-refractivity contribution is 5.99. The van der Waals surface area contributed by atoms with Crippen molar-refractivity contribution in [1.29, 1.82) is 0 Å². The maximum Gasteiger partial charge on any atom is 0.245 e. The van der Waals surface area contributed by atoms with Gasteiger partial charge < -0.3 is 10.7 Å². The van der Waals surface area contributed by atoms with Crippen molar-refractivity contribution >= 4 is 17.8 Å². The minimum absolute atomic E-state index is 0.0794. The Bertz CT molecular complexity index is 360. The largest absolute Gasteiger partial charge is 0.324 e. The molecule has 4 heteroatoms. The van der Waals surface area contributed by atoms with Gasteiger partial charge in [-0.15, -0.1) is 0 Å². The van der Waals surface area contributed by atoms with E-state index in [9.17, 15) is 4.79 Å². The predicted octanol–water partition coefficient (Wildman–Crippen LogP) is 0.562. The van der Waals surface area contributed by atoms with Gasteiger partial charge in [-0.25, -0.2) is 0 Å². The number of hydrogen-bond acceptors (Lipinski definition) is 3. The van der Waals surface area contributed by atoms with Crippen molar-refractivity contribution in [3.8, 4) is 0 Å². The molecule has 0 aromatic heterocycles. The Labute approximate surface area is 75.6 Å². The molecule has 0 saturated carbocycles. The van der Waals surface area contributed by atoms with Crippen LogP contribution in [0.1, 0.15) is 5.56 Å². The molecule has 1 aromatic carbocycles. The Kier molecular flexibility index (Phi) is 1.96. The number of anilines is 1. The van der Waals surface area contributed by atoms with Crippen molar-refractivity contribution in [3.05, 3.63) is 29.8 Å². The van der Waals surface area contributed by atoms with Gasteiger partial charge in [-0.2, -0.15) is 5.10 Å². The summed E-state index contributed by atoms with van der Waals surface area (Å²) in [5, 5.41) is 6.66. The number of carbonyl (C=O) groups is 1. The standard InChI is InChI=1S/C9H9N3O/c13-9-6-11-10-5-7-3-1-2-4-8(7)12-9/h1-5,11H,6H2,(H,12,13)/b10-5-. The lowest BCUT2D eigenvalue weighted by Gasteiger charge is -2.10. The molecule has 66 valence electrons. The molecule has 1 aliphatic heterocycles. The fourth-order valence-corrected chi connectivity index (χ4v) is 1.15. The summed E-state index contributed by atoms with van der Waals surface area (Å²) in [7, 11) is 0. The fourth-order valence-electron chi connectivity index (χ4n) is 1.15. The summed E-state index contributed by atoms with van der Waals surface area (Å²) in [4.78, 5) is 11.2. The van der Waals surface area contributed by atoms with Crippen LogP contribution in [0.2, 0.25) is 0 Å². The number of rotatable bonds is 0. The van der Waals surface area contributed by atoms with E-state index in [-0.39, 0.29) is 12.5 Å². The van der Waals surface area contributed by atoms with E-state index in [2.05, 4.69) is 15.8 Å². The molecule has 1 aromatic rings. The van der Waals surface area contributed by atoms with Gasteiger partial charge in [-0.05, 0) is 6.07 Å². The summed E-state index contributed by atoms with van der Waals surface area (Å²) in [6, 6.07) is 7.53. The zero-order chi connectivity index (χ0) is 9.10. The van der Waals surface area contributed by atoms with Crippen molar-refractivity contribution in [2.75, 3.05) is 11.9 Å². The fraction of sp³-hybridized carbons (Fsp3) is 0.111. The van der Waals surface area contributed by atoms with Gasteiger partial charge >= 0.3 is 0 Å². The average Bonchev–Trinajstić information content (AvgIpc) is 2.11. The first-order valence-electron chi connectivity index (χ1n) is 4.01. The van der Waals surface area contributed by atoms with E-state index >= 15 is 0 Å². The van der Waals surface area contributed by atoms with Crippen LogP contribution in [0.3, 0.4) is 0 Å². The Morgan fingerprint density at radius 3 is 3.08 bits per heavy atom. The Morgan fingerprint density at radius 2 is 2.15 bits per heavy atom. The third-order valence-corrected chi connectivity index (χ3v) is 1.77. The van der Waals surface area contributed by atoms with E-state index in [0.29, 0.717) is 0 Å². The minimum Gasteiger partial charge on any atom is -0.324 e. The summed E-state index contributed by atoms with van der Waals surface area (Å²) < 4.78 is 0. The van der Waals surface area contributed by atoms with Crippen LogP contribution in [0.4, 0.5) is 5.69 Å². The molecule has 0 atom stereocenters. The molecular weight excluding hydrogens is 166 g/mol. The number of amides is 1. The molecular formula is C9H9N3O. The first-order chi connectivity index (χ1) is 6.36. The second-order valence-electron chi connectivity index (χ2n) is 2.73. The van der Waals surface area contributed by atoms with Crippen LogP contribution < -0.4 is 10.7 Å². The van der Waals surface area contributed by atoms with Gasteiger partial charge in [-0.1, -0.05) is 18.2 Å². The molecule has 0 aliphatic carbocycles. The molecule has 0 bridgehead atoms. The van der Waals surface area contributed by atoms with Gasteiger partial charge in [0.2, 0.25) is 5.91 Å². The number of fused-ring (bicyclic) bond motifs is 1. The lowest BCUT2D eigenvalue weighted by Crippen LogP contribution is -2.26. The smallest absolute Gasteiger partial charge is 0.245 e. The molecule has 0 saturated heterocycles. The maximum atomic E-state index is 11.2. The number of hydrazone groups is 1. The van der Waals surface area contributed by atoms with Crippen LogP contribution in [0, 0.1) is 0 Å². The van der Waals surface area contributed by atoms with E-state index in [4.69, 9.17) is 0 Å². The summed E-state index contributed by atoms with van der Waals surface area (Å²) >= 11 is 0. The molecule has 2 N–H and O–H groups in total. The monoisotopic (exact) mass is 175 g/mol. The zero-order valence-corrected chi connectivity index (χ0v) is 6.95. The highest BCUT2D eigenvalue weighted by Crippen LogP contribution is 2.12. The number of para-hydroxylation sites is 1. The van der Waals surface area contributed by atoms with Crippen LogP contribution in [0.5, 0.6) is 0 Å². The molecule has 0 unspecified atom stereocenters. The number of benzene rings is 1. The van der Waals surface area contributed by atoms with Crippen LogP contribution in [-0.4, -0.2) is 18.7 Å². The second kappa shape index (κ2) is 3.26. The molecule has 1 heterocycles. The van der Waals surface area contributed by atoms with Crippen LogP contribution >= 0.6 is 0 Å². The molecule has 13 heavy (non-hydrogen) atoms. The number of nitrogens with one attached hydrogen (secondary N) is 2. The van der Waals surface area contributed by atoms with E-state index < -0.39 is 0 Å². The zero-order valence-electron chi connectivity index (χ0n) is 6.95. The molecule has 1 amide bonds. The molecule has 1 aliphatic rings. The van der Waals surface area contributed by atoms with Gasteiger partial charge in [0.1, 0.15) is 6.54 Å². The predicted molar refractivity (Wildman–Crippen MR) is 50.7 cm³/mol. The summed E-state index contributed by atoms with van der Waals surface area (Å²) in [5.41, 5.74) is 4.34. The number of nitrogens with zero attached hydrogens (tertiary/aromatic N) is 1. The first kappa shape index (κ1) is 7.79. The highest BCUT2D eigenvalue weighted by atomic mass is 16.2.